The topological polar surface area (TPSA) is 9.23 Å². The van der Waals surface area contributed by atoms with Crippen molar-refractivity contribution in [1.29, 1.82) is 0 Å². The number of halogens is 3. The molecule has 0 heterocycles. The summed E-state index contributed by atoms with van der Waals surface area (Å²) in [5, 5.41) is 0. The summed E-state index contributed by atoms with van der Waals surface area (Å²) in [6.07, 6.45) is 0.438. The minimum absolute atomic E-state index is 0.520. The Hall–Kier alpha value is -1.59. The van der Waals surface area contributed by atoms with E-state index in [-0.39, 0.29) is 0 Å². The van der Waals surface area contributed by atoms with Crippen LogP contribution in [-0.4, -0.2) is 8.32 Å². The molecule has 1 aromatic carbocycles. The second kappa shape index (κ2) is 8.61. The monoisotopic (exact) mass is 396 g/mol. The first-order chi connectivity index (χ1) is 12.2. The van der Waals surface area contributed by atoms with Crippen LogP contribution in [0.3, 0.4) is 0 Å². The van der Waals surface area contributed by atoms with Crippen molar-refractivity contribution < 1.29 is 17.6 Å². The zero-order valence-corrected chi connectivity index (χ0v) is 18.3. The molecule has 0 N–H and O–H groups in total. The fraction of sp³-hybridized carbons (Fsp3) is 0.455. The van der Waals surface area contributed by atoms with E-state index in [4.69, 9.17) is 4.43 Å². The van der Waals surface area contributed by atoms with Gasteiger partial charge in [0.05, 0.1) is 5.56 Å². The largest absolute Gasteiger partial charge is 0.416 e. The van der Waals surface area contributed by atoms with Gasteiger partial charge in [-0.1, -0.05) is 55.9 Å². The Kier molecular flexibility index (Phi) is 7.48. The summed E-state index contributed by atoms with van der Waals surface area (Å²) in [5.41, 5.74) is 0.984. The van der Waals surface area contributed by atoms with E-state index in [0.29, 0.717) is 17.5 Å². The Labute approximate surface area is 162 Å². The minimum atomic E-state index is -4.41. The lowest BCUT2D eigenvalue weighted by molar-refractivity contribution is -0.137. The molecule has 0 aliphatic carbocycles. The van der Waals surface area contributed by atoms with Crippen LogP contribution in [-0.2, 0) is 16.2 Å². The first kappa shape index (κ1) is 23.4. The molecule has 0 spiro atoms. The quantitative estimate of drug-likeness (QED) is 0.325. The van der Waals surface area contributed by atoms with Gasteiger partial charge in [0, 0.05) is 0 Å². The van der Waals surface area contributed by atoms with Crippen LogP contribution < -0.4 is 0 Å². The minimum Gasteiger partial charge on any atom is -0.404 e. The average molecular weight is 397 g/mol. The first-order valence-corrected chi connectivity index (χ1v) is 12.6. The highest BCUT2D eigenvalue weighted by molar-refractivity contribution is 6.69. The lowest BCUT2D eigenvalue weighted by Gasteiger charge is -2.41. The van der Waals surface area contributed by atoms with Gasteiger partial charge >= 0.3 is 6.18 Å². The molecule has 0 radical (unpaired) electrons. The second-order valence-corrected chi connectivity index (χ2v) is 12.5. The second-order valence-electron chi connectivity index (χ2n) is 8.03. The highest BCUT2D eigenvalue weighted by Gasteiger charge is 2.41. The number of alkyl halides is 3. The molecule has 27 heavy (non-hydrogen) atoms. The van der Waals surface area contributed by atoms with Crippen LogP contribution in [0.2, 0.25) is 19.6 Å². The third-order valence-corrected chi connectivity index (χ3v) is 5.00. The van der Waals surface area contributed by atoms with Crippen molar-refractivity contribution in [1.82, 2.24) is 0 Å². The highest BCUT2D eigenvalue weighted by atomic mass is 28.4. The molecule has 0 aliphatic heterocycles. The standard InChI is InChI=1S/C22H31F3OSi/c1-9-11-21(26-27(6,7)8,18(10-2)12-16(3)4)19-13-17(5)14-20(15-19)22(23,24)25/h10,12-15H,2-3,9,11H2,1,4-8H3. The predicted octanol–water partition coefficient (Wildman–Crippen LogP) is 7.55. The van der Waals surface area contributed by atoms with Gasteiger partial charge in [0.1, 0.15) is 5.60 Å². The van der Waals surface area contributed by atoms with Gasteiger partial charge in [-0.3, -0.25) is 0 Å². The zero-order valence-electron chi connectivity index (χ0n) is 17.3. The summed E-state index contributed by atoms with van der Waals surface area (Å²) >= 11 is 0. The van der Waals surface area contributed by atoms with Crippen molar-refractivity contribution in [3.63, 3.8) is 0 Å². The number of hydrogen-bond donors (Lipinski definition) is 0. The Morgan fingerprint density at radius 2 is 1.70 bits per heavy atom. The number of benzene rings is 1. The van der Waals surface area contributed by atoms with Crippen molar-refractivity contribution >= 4 is 8.32 Å². The zero-order chi connectivity index (χ0) is 21.0. The van der Waals surface area contributed by atoms with Crippen LogP contribution in [0, 0.1) is 6.92 Å². The predicted molar refractivity (Wildman–Crippen MR) is 110 cm³/mol. The molecule has 1 nitrogen and oxygen atoms in total. The van der Waals surface area contributed by atoms with Crippen LogP contribution in [0.1, 0.15) is 43.4 Å². The number of hydrogen-bond acceptors (Lipinski definition) is 1. The van der Waals surface area contributed by atoms with Gasteiger partial charge in [0.15, 0.2) is 8.32 Å². The third kappa shape index (κ3) is 6.21. The molecule has 1 aromatic rings. The third-order valence-electron chi connectivity index (χ3n) is 4.04. The molecule has 1 atom stereocenters. The molecule has 0 amide bonds. The van der Waals surface area contributed by atoms with Crippen LogP contribution in [0.25, 0.3) is 0 Å². The van der Waals surface area contributed by atoms with Gasteiger partial charge in [-0.2, -0.15) is 13.2 Å². The summed E-state index contributed by atoms with van der Waals surface area (Å²) in [4.78, 5) is 0. The molecule has 1 unspecified atom stereocenters. The lowest BCUT2D eigenvalue weighted by atomic mass is 9.80. The van der Waals surface area contributed by atoms with Gasteiger partial charge in [0.25, 0.3) is 0 Å². The molecule has 0 aromatic heterocycles. The summed E-state index contributed by atoms with van der Waals surface area (Å²) < 4.78 is 47.0. The Balaban J connectivity index is 3.89. The summed E-state index contributed by atoms with van der Waals surface area (Å²) in [7, 11) is -2.12. The molecular formula is C22H31F3OSi. The van der Waals surface area contributed by atoms with Crippen LogP contribution in [0.15, 0.2) is 54.7 Å². The molecule has 1 rings (SSSR count). The number of aryl methyl sites for hydroxylation is 1. The van der Waals surface area contributed by atoms with Gasteiger partial charge < -0.3 is 4.43 Å². The van der Waals surface area contributed by atoms with Crippen molar-refractivity contribution in [3.8, 4) is 0 Å². The van der Waals surface area contributed by atoms with Crippen LogP contribution >= 0.6 is 0 Å². The molecule has 0 fully saturated rings. The van der Waals surface area contributed by atoms with E-state index in [0.717, 1.165) is 17.6 Å². The van der Waals surface area contributed by atoms with Crippen molar-refractivity contribution in [3.05, 3.63) is 71.3 Å². The molecular weight excluding hydrogens is 365 g/mol. The van der Waals surface area contributed by atoms with E-state index < -0.39 is 25.7 Å². The summed E-state index contributed by atoms with van der Waals surface area (Å²) in [6.45, 7) is 19.5. The van der Waals surface area contributed by atoms with Gasteiger partial charge in [0.2, 0.25) is 0 Å². The van der Waals surface area contributed by atoms with E-state index in [1.807, 2.05) is 39.6 Å². The van der Waals surface area contributed by atoms with E-state index >= 15 is 0 Å². The molecule has 0 saturated carbocycles. The van der Waals surface area contributed by atoms with Gasteiger partial charge in [-0.05, 0) is 63.2 Å². The molecule has 0 saturated heterocycles. The Morgan fingerprint density at radius 1 is 1.15 bits per heavy atom. The fourth-order valence-electron chi connectivity index (χ4n) is 3.28. The van der Waals surface area contributed by atoms with Crippen LogP contribution in [0.5, 0.6) is 0 Å². The average Bonchev–Trinajstić information content (AvgIpc) is 2.49. The molecule has 0 bridgehead atoms. The number of rotatable bonds is 8. The molecule has 5 heteroatoms. The van der Waals surface area contributed by atoms with E-state index in [1.165, 1.54) is 12.1 Å². The highest BCUT2D eigenvalue weighted by Crippen LogP contribution is 2.44. The first-order valence-electron chi connectivity index (χ1n) is 9.15. The summed E-state index contributed by atoms with van der Waals surface area (Å²) in [6, 6.07) is 4.18. The van der Waals surface area contributed by atoms with Crippen molar-refractivity contribution in [2.24, 2.45) is 0 Å². The molecule has 150 valence electrons. The van der Waals surface area contributed by atoms with E-state index in [2.05, 4.69) is 13.2 Å². The lowest BCUT2D eigenvalue weighted by Crippen LogP contribution is -2.42. The normalized spacial score (nSPS) is 15.4. The molecule has 0 aliphatic rings. The van der Waals surface area contributed by atoms with E-state index in [1.54, 1.807) is 19.1 Å². The number of allylic oxidation sites excluding steroid dienone is 2. The fourth-order valence-corrected chi connectivity index (χ4v) is 4.67. The van der Waals surface area contributed by atoms with Crippen LogP contribution in [0.4, 0.5) is 13.2 Å². The maximum atomic E-state index is 13.5. The van der Waals surface area contributed by atoms with Crippen molar-refractivity contribution in [2.75, 3.05) is 0 Å². The smallest absolute Gasteiger partial charge is 0.404 e. The van der Waals surface area contributed by atoms with Gasteiger partial charge in [-0.25, -0.2) is 0 Å². The van der Waals surface area contributed by atoms with Crippen molar-refractivity contribution in [2.45, 2.75) is 65.0 Å². The van der Waals surface area contributed by atoms with E-state index in [9.17, 15) is 13.2 Å². The maximum Gasteiger partial charge on any atom is 0.416 e. The Bertz CT molecular complexity index is 726. The maximum absolute atomic E-state index is 13.5. The van der Waals surface area contributed by atoms with Gasteiger partial charge in [-0.15, -0.1) is 0 Å². The Morgan fingerprint density at radius 3 is 2.11 bits per heavy atom. The SMILES string of the molecule is C=CC(=CC(=C)C)C(CCC)(O[Si](C)(C)C)c1cc(C)cc(C(F)(F)F)c1. The summed E-state index contributed by atoms with van der Waals surface area (Å²) in [5.74, 6) is 0.